The van der Waals surface area contributed by atoms with Crippen LogP contribution in [0.4, 0.5) is 16.3 Å². The molecule has 2 N–H and O–H groups in total. The van der Waals surface area contributed by atoms with Gasteiger partial charge in [-0.05, 0) is 49.1 Å². The van der Waals surface area contributed by atoms with E-state index >= 15 is 0 Å². The average Bonchev–Trinajstić information content (AvgIpc) is 3.20. The summed E-state index contributed by atoms with van der Waals surface area (Å²) in [5.41, 5.74) is 4.06. The molecule has 0 fully saturated rings. The van der Waals surface area contributed by atoms with E-state index in [2.05, 4.69) is 31.4 Å². The van der Waals surface area contributed by atoms with Gasteiger partial charge in [-0.3, -0.25) is 4.79 Å². The molecule has 0 radical (unpaired) electrons. The maximum absolute atomic E-state index is 13.2. The lowest BCUT2D eigenvalue weighted by Gasteiger charge is -2.25. The molecule has 36 heavy (non-hydrogen) atoms. The van der Waals surface area contributed by atoms with Crippen molar-refractivity contribution in [3.8, 4) is 5.69 Å². The van der Waals surface area contributed by atoms with E-state index in [1.165, 1.54) is 4.90 Å². The van der Waals surface area contributed by atoms with E-state index < -0.39 is 0 Å². The number of aromatic nitrogens is 2. The molecule has 0 spiro atoms. The predicted octanol–water partition coefficient (Wildman–Crippen LogP) is 6.57. The van der Waals surface area contributed by atoms with Gasteiger partial charge in [-0.25, -0.2) is 9.48 Å². The molecule has 8 heteroatoms. The number of para-hydroxylation sites is 1. The van der Waals surface area contributed by atoms with Crippen molar-refractivity contribution in [3.05, 3.63) is 70.4 Å². The van der Waals surface area contributed by atoms with Gasteiger partial charge in [0.15, 0.2) is 0 Å². The van der Waals surface area contributed by atoms with Crippen LogP contribution >= 0.6 is 11.6 Å². The number of urea groups is 1. The third kappa shape index (κ3) is 6.66. The minimum atomic E-state index is -0.319. The molecule has 0 aliphatic rings. The van der Waals surface area contributed by atoms with E-state index in [-0.39, 0.29) is 29.8 Å². The first-order chi connectivity index (χ1) is 16.9. The summed E-state index contributed by atoms with van der Waals surface area (Å²) in [6.07, 6.45) is 0. The normalized spacial score (nSPS) is 11.5. The zero-order valence-electron chi connectivity index (χ0n) is 22.1. The third-order valence-corrected chi connectivity index (χ3v) is 6.20. The number of halogens is 1. The molecular weight excluding hydrogens is 474 g/mol. The first-order valence-corrected chi connectivity index (χ1v) is 12.5. The topological polar surface area (TPSA) is 79.3 Å². The number of amides is 3. The van der Waals surface area contributed by atoms with Crippen LogP contribution in [0.25, 0.3) is 5.69 Å². The van der Waals surface area contributed by atoms with E-state index in [1.807, 2.05) is 70.2 Å². The molecule has 1 heterocycles. The number of hydrogen-bond acceptors (Lipinski definition) is 3. The van der Waals surface area contributed by atoms with Crippen molar-refractivity contribution in [2.45, 2.75) is 53.9 Å². The van der Waals surface area contributed by atoms with Crippen molar-refractivity contribution in [2.75, 3.05) is 23.7 Å². The Morgan fingerprint density at radius 2 is 1.75 bits per heavy atom. The SMILES string of the molecule is Cc1cccc(NC(=O)N(CC(=O)Nc2cc(C(C)(C)C)nn2-c2ccccc2Cl)CC(C)C)c1C. The number of nitrogens with zero attached hydrogens (tertiary/aromatic N) is 3. The Kier molecular flexibility index (Phi) is 8.46. The molecule has 0 aliphatic carbocycles. The zero-order valence-corrected chi connectivity index (χ0v) is 22.9. The van der Waals surface area contributed by atoms with Gasteiger partial charge in [0.1, 0.15) is 12.4 Å². The minimum Gasteiger partial charge on any atom is -0.315 e. The molecule has 0 unspecified atom stereocenters. The van der Waals surface area contributed by atoms with Crippen molar-refractivity contribution in [1.82, 2.24) is 14.7 Å². The van der Waals surface area contributed by atoms with Gasteiger partial charge in [0.25, 0.3) is 0 Å². The van der Waals surface area contributed by atoms with Gasteiger partial charge in [-0.1, -0.05) is 70.5 Å². The minimum absolute atomic E-state index is 0.104. The highest BCUT2D eigenvalue weighted by Crippen LogP contribution is 2.29. The van der Waals surface area contributed by atoms with Crippen LogP contribution in [0, 0.1) is 19.8 Å². The Balaban J connectivity index is 1.85. The van der Waals surface area contributed by atoms with Gasteiger partial charge in [0.2, 0.25) is 5.91 Å². The number of carbonyl (C=O) groups is 2. The molecule has 0 saturated carbocycles. The molecule has 2 aromatic carbocycles. The quantitative estimate of drug-likeness (QED) is 0.378. The maximum atomic E-state index is 13.2. The average molecular weight is 510 g/mol. The van der Waals surface area contributed by atoms with Crippen molar-refractivity contribution in [2.24, 2.45) is 5.92 Å². The first kappa shape index (κ1) is 27.3. The second kappa shape index (κ2) is 11.2. The summed E-state index contributed by atoms with van der Waals surface area (Å²) < 4.78 is 1.64. The lowest BCUT2D eigenvalue weighted by atomic mass is 9.92. The van der Waals surface area contributed by atoms with Crippen molar-refractivity contribution >= 4 is 35.0 Å². The number of aryl methyl sites for hydroxylation is 1. The van der Waals surface area contributed by atoms with Gasteiger partial charge in [0.05, 0.1) is 16.4 Å². The highest BCUT2D eigenvalue weighted by molar-refractivity contribution is 6.32. The van der Waals surface area contributed by atoms with Crippen LogP contribution in [-0.2, 0) is 10.2 Å². The maximum Gasteiger partial charge on any atom is 0.322 e. The van der Waals surface area contributed by atoms with Crippen LogP contribution in [0.5, 0.6) is 0 Å². The van der Waals surface area contributed by atoms with E-state index in [0.717, 1.165) is 22.5 Å². The summed E-state index contributed by atoms with van der Waals surface area (Å²) in [5, 5.41) is 11.2. The van der Waals surface area contributed by atoms with E-state index in [1.54, 1.807) is 10.7 Å². The monoisotopic (exact) mass is 509 g/mol. The number of hydrogen-bond donors (Lipinski definition) is 2. The molecule has 0 atom stereocenters. The van der Waals surface area contributed by atoms with Crippen LogP contribution in [0.1, 0.15) is 51.4 Å². The molecule has 192 valence electrons. The lowest BCUT2D eigenvalue weighted by molar-refractivity contribution is -0.116. The summed E-state index contributed by atoms with van der Waals surface area (Å²) in [5.74, 6) is 0.362. The second-order valence-corrected chi connectivity index (χ2v) is 10.9. The number of rotatable bonds is 7. The van der Waals surface area contributed by atoms with E-state index in [0.29, 0.717) is 23.1 Å². The van der Waals surface area contributed by atoms with E-state index in [9.17, 15) is 9.59 Å². The van der Waals surface area contributed by atoms with E-state index in [4.69, 9.17) is 16.7 Å². The molecule has 1 aromatic heterocycles. The summed E-state index contributed by atoms with van der Waals surface area (Å²) in [6, 6.07) is 14.6. The van der Waals surface area contributed by atoms with Gasteiger partial charge in [-0.15, -0.1) is 0 Å². The van der Waals surface area contributed by atoms with Crippen LogP contribution in [0.15, 0.2) is 48.5 Å². The zero-order chi connectivity index (χ0) is 26.6. The highest BCUT2D eigenvalue weighted by atomic mass is 35.5. The first-order valence-electron chi connectivity index (χ1n) is 12.1. The molecule has 3 rings (SSSR count). The van der Waals surface area contributed by atoms with Crippen molar-refractivity contribution in [1.29, 1.82) is 0 Å². The summed E-state index contributed by atoms with van der Waals surface area (Å²) >= 11 is 6.44. The fraction of sp³-hybridized carbons (Fsp3) is 0.393. The highest BCUT2D eigenvalue weighted by Gasteiger charge is 2.24. The van der Waals surface area contributed by atoms with Crippen LogP contribution in [0.2, 0.25) is 5.02 Å². The molecule has 0 bridgehead atoms. The number of carbonyl (C=O) groups excluding carboxylic acids is 2. The Labute approximate surface area is 218 Å². The standard InChI is InChI=1S/C28H36ClN5O2/c1-18(2)16-33(27(36)30-22-13-10-11-19(3)20(22)4)17-26(35)31-25-15-24(28(5,6)7)32-34(25)23-14-9-8-12-21(23)29/h8-15,18H,16-17H2,1-7H3,(H,30,36)(H,31,35). The lowest BCUT2D eigenvalue weighted by Crippen LogP contribution is -2.42. The Hall–Kier alpha value is -3.32. The Morgan fingerprint density at radius 1 is 1.06 bits per heavy atom. The molecular formula is C28H36ClN5O2. The van der Waals surface area contributed by atoms with Crippen LogP contribution in [-0.4, -0.2) is 39.7 Å². The molecule has 0 aliphatic heterocycles. The number of benzene rings is 2. The van der Waals surface area contributed by atoms with Crippen LogP contribution < -0.4 is 10.6 Å². The van der Waals surface area contributed by atoms with Gasteiger partial charge >= 0.3 is 6.03 Å². The Morgan fingerprint density at radius 3 is 2.39 bits per heavy atom. The molecule has 3 aromatic rings. The van der Waals surface area contributed by atoms with Crippen molar-refractivity contribution in [3.63, 3.8) is 0 Å². The van der Waals surface area contributed by atoms with Crippen molar-refractivity contribution < 1.29 is 9.59 Å². The summed E-state index contributed by atoms with van der Waals surface area (Å²) in [4.78, 5) is 27.9. The van der Waals surface area contributed by atoms with Crippen LogP contribution in [0.3, 0.4) is 0 Å². The molecule has 0 saturated heterocycles. The molecule has 3 amide bonds. The second-order valence-electron chi connectivity index (χ2n) is 10.5. The fourth-order valence-corrected chi connectivity index (χ4v) is 3.96. The number of nitrogens with one attached hydrogen (secondary N) is 2. The Bertz CT molecular complexity index is 1240. The predicted molar refractivity (Wildman–Crippen MR) is 147 cm³/mol. The smallest absolute Gasteiger partial charge is 0.315 e. The summed E-state index contributed by atoms with van der Waals surface area (Å²) in [7, 11) is 0. The van der Waals surface area contributed by atoms with Gasteiger partial charge < -0.3 is 15.5 Å². The van der Waals surface area contributed by atoms with Gasteiger partial charge in [-0.2, -0.15) is 5.10 Å². The third-order valence-electron chi connectivity index (χ3n) is 5.88. The number of anilines is 2. The fourth-order valence-electron chi connectivity index (χ4n) is 3.74. The summed E-state index contributed by atoms with van der Waals surface area (Å²) in [6.45, 7) is 14.5. The largest absolute Gasteiger partial charge is 0.322 e. The molecule has 7 nitrogen and oxygen atoms in total. The van der Waals surface area contributed by atoms with Gasteiger partial charge in [0, 0.05) is 23.7 Å².